The predicted molar refractivity (Wildman–Crippen MR) is 141 cm³/mol. The van der Waals surface area contributed by atoms with Gasteiger partial charge in [-0.3, -0.25) is 14.4 Å². The van der Waals surface area contributed by atoms with E-state index in [0.717, 1.165) is 0 Å². The summed E-state index contributed by atoms with van der Waals surface area (Å²) < 4.78 is 5.88. The quantitative estimate of drug-likeness (QED) is 0.299. The first-order valence-corrected chi connectivity index (χ1v) is 12.4. The Morgan fingerprint density at radius 1 is 1.07 bits per heavy atom. The Hall–Kier alpha value is -5.04. The molecule has 2 aromatic rings. The van der Waals surface area contributed by atoms with Crippen molar-refractivity contribution in [3.63, 3.8) is 0 Å². The van der Waals surface area contributed by atoms with Gasteiger partial charge in [0.2, 0.25) is 0 Å². The van der Waals surface area contributed by atoms with Crippen LogP contribution < -0.4 is 15.4 Å². The van der Waals surface area contributed by atoms with Crippen LogP contribution >= 0.6 is 12.2 Å². The zero-order valence-corrected chi connectivity index (χ0v) is 21.4. The number of benzene rings is 2. The molecule has 5 rings (SSSR count). The van der Waals surface area contributed by atoms with Gasteiger partial charge in [0.25, 0.3) is 11.8 Å². The van der Waals surface area contributed by atoms with E-state index >= 15 is 0 Å². The van der Waals surface area contributed by atoms with Crippen LogP contribution in [-0.4, -0.2) is 56.5 Å². The number of allylic oxidation sites excluding steroid dienone is 3. The second kappa shape index (κ2) is 10.6. The summed E-state index contributed by atoms with van der Waals surface area (Å²) in [5, 5.41) is 25.8. The van der Waals surface area contributed by atoms with Crippen molar-refractivity contribution in [1.82, 2.24) is 10.4 Å². The number of aromatic hydroxyl groups is 1. The number of rotatable bonds is 6. The molecule has 13 heteroatoms. The lowest BCUT2D eigenvalue weighted by atomic mass is 9.74. The molecule has 1 saturated heterocycles. The summed E-state index contributed by atoms with van der Waals surface area (Å²) in [4.78, 5) is 64.3. The highest BCUT2D eigenvalue weighted by atomic mass is 32.1. The van der Waals surface area contributed by atoms with Crippen LogP contribution in [0.1, 0.15) is 40.2 Å². The molecule has 0 aromatic heterocycles. The lowest BCUT2D eigenvalue weighted by Gasteiger charge is -2.35. The zero-order chi connectivity index (χ0) is 28.6. The number of nitrogens with one attached hydrogen (secondary N) is 2. The number of ether oxygens (including phenoxy) is 1. The van der Waals surface area contributed by atoms with Crippen molar-refractivity contribution in [2.75, 3.05) is 11.9 Å². The molecular weight excluding hydrogens is 542 g/mol. The maximum Gasteiger partial charge on any atom is 0.352 e. The number of carboxylic acids is 1. The molecule has 0 bridgehead atoms. The molecule has 2 aliphatic heterocycles. The molecule has 2 atom stereocenters. The standard InChI is InChI=1S/C27H21N3O9S/c31-14-2-5-17-20(10-14)38-21-11-15(32)3-6-18(21)25(17)16-4-1-13(9-19(16)26(36)37)29-27(40)28-12-24(35)39-30-22(33)7-8-23(30)34/h1-6,9-11,17,25,32H,7-8,12H2,(H,36,37)(H2,28,29,40). The van der Waals surface area contributed by atoms with Crippen molar-refractivity contribution >= 4 is 52.6 Å². The number of carbonyl (C=O) groups excluding carboxylic acids is 4. The molecule has 1 fully saturated rings. The molecule has 12 nitrogen and oxygen atoms in total. The van der Waals surface area contributed by atoms with Gasteiger partial charge in [0.05, 0.1) is 5.56 Å². The number of ketones is 1. The van der Waals surface area contributed by atoms with Crippen LogP contribution in [0.3, 0.4) is 0 Å². The Morgan fingerprint density at radius 2 is 1.80 bits per heavy atom. The molecular formula is C27H21N3O9S. The molecule has 0 radical (unpaired) electrons. The number of carbonyl (C=O) groups is 5. The number of hydroxylamine groups is 2. The van der Waals surface area contributed by atoms with E-state index in [9.17, 15) is 34.2 Å². The van der Waals surface area contributed by atoms with Gasteiger partial charge in [-0.15, -0.1) is 5.06 Å². The summed E-state index contributed by atoms with van der Waals surface area (Å²) in [6, 6.07) is 9.12. The summed E-state index contributed by atoms with van der Waals surface area (Å²) in [5.41, 5.74) is 1.33. The Kier molecular flexibility index (Phi) is 7.05. The number of phenols is 1. The maximum atomic E-state index is 12.4. The molecule has 3 aliphatic rings. The van der Waals surface area contributed by atoms with Crippen molar-refractivity contribution in [2.45, 2.75) is 18.8 Å². The number of imide groups is 1. The minimum Gasteiger partial charge on any atom is -0.508 e. The second-order valence-electron chi connectivity index (χ2n) is 9.10. The van der Waals surface area contributed by atoms with Crippen LogP contribution in [0.4, 0.5) is 5.69 Å². The van der Waals surface area contributed by atoms with Gasteiger partial charge in [0.1, 0.15) is 23.8 Å². The molecule has 4 N–H and O–H groups in total. The summed E-state index contributed by atoms with van der Waals surface area (Å²) >= 11 is 5.19. The number of hydrogen-bond donors (Lipinski definition) is 4. The van der Waals surface area contributed by atoms with Gasteiger partial charge in [-0.05, 0) is 42.1 Å². The highest BCUT2D eigenvalue weighted by Crippen LogP contribution is 2.49. The topological polar surface area (TPSA) is 172 Å². The van der Waals surface area contributed by atoms with Crippen molar-refractivity contribution in [2.24, 2.45) is 5.92 Å². The van der Waals surface area contributed by atoms with Crippen molar-refractivity contribution in [3.05, 3.63) is 77.1 Å². The first-order valence-electron chi connectivity index (χ1n) is 12.0. The number of fused-ring (bicyclic) bond motifs is 2. The fourth-order valence-corrected chi connectivity index (χ4v) is 4.90. The third-order valence-corrected chi connectivity index (χ3v) is 6.72. The van der Waals surface area contributed by atoms with E-state index in [4.69, 9.17) is 21.8 Å². The SMILES string of the molecule is O=C1C=CC2C(=C1)Oc1cc(O)ccc1C2c1ccc(NC(=S)NCC(=O)ON2C(=O)CCC2=O)cc1C(=O)O. The van der Waals surface area contributed by atoms with E-state index in [2.05, 4.69) is 10.6 Å². The van der Waals surface area contributed by atoms with E-state index in [1.165, 1.54) is 30.4 Å². The molecule has 0 spiro atoms. The Balaban J connectivity index is 1.35. The van der Waals surface area contributed by atoms with Crippen LogP contribution in [0.15, 0.2) is 60.4 Å². The first kappa shape index (κ1) is 26.6. The van der Waals surface area contributed by atoms with E-state index < -0.39 is 42.1 Å². The molecule has 40 heavy (non-hydrogen) atoms. The van der Waals surface area contributed by atoms with Gasteiger partial charge in [0.15, 0.2) is 10.9 Å². The number of thiocarbonyl (C=S) groups is 1. The maximum absolute atomic E-state index is 12.4. The zero-order valence-electron chi connectivity index (χ0n) is 20.6. The van der Waals surface area contributed by atoms with Crippen LogP contribution in [0.2, 0.25) is 0 Å². The van der Waals surface area contributed by atoms with E-state index in [1.807, 2.05) is 0 Å². The van der Waals surface area contributed by atoms with Gasteiger partial charge < -0.3 is 30.4 Å². The number of phenolic OH excluding ortho intramolecular Hbond substituents is 1. The van der Waals surface area contributed by atoms with Crippen LogP contribution in [0.5, 0.6) is 11.5 Å². The molecule has 1 aliphatic carbocycles. The van der Waals surface area contributed by atoms with Crippen molar-refractivity contribution in [1.29, 1.82) is 0 Å². The Bertz CT molecular complexity index is 1530. The third kappa shape index (κ3) is 5.27. The molecule has 0 saturated carbocycles. The number of carboxylic acid groups (broad SMARTS) is 1. The monoisotopic (exact) mass is 563 g/mol. The van der Waals surface area contributed by atoms with Gasteiger partial charge >= 0.3 is 11.9 Å². The van der Waals surface area contributed by atoms with Gasteiger partial charge in [-0.1, -0.05) is 18.2 Å². The molecule has 204 valence electrons. The molecule has 2 amide bonds. The first-order chi connectivity index (χ1) is 19.1. The van der Waals surface area contributed by atoms with E-state index in [-0.39, 0.29) is 35.1 Å². The van der Waals surface area contributed by atoms with Gasteiger partial charge in [0, 0.05) is 48.1 Å². The predicted octanol–water partition coefficient (Wildman–Crippen LogP) is 2.15. The Labute approximate surface area is 231 Å². The highest BCUT2D eigenvalue weighted by Gasteiger charge is 2.38. The summed E-state index contributed by atoms with van der Waals surface area (Å²) in [7, 11) is 0. The number of nitrogens with zero attached hydrogens (tertiary/aromatic N) is 1. The normalized spacial score (nSPS) is 19.2. The fourth-order valence-electron chi connectivity index (χ4n) is 4.71. The average Bonchev–Trinajstić information content (AvgIpc) is 3.22. The highest BCUT2D eigenvalue weighted by molar-refractivity contribution is 7.80. The largest absolute Gasteiger partial charge is 0.508 e. The minimum absolute atomic E-state index is 0.0316. The number of amides is 2. The fraction of sp³-hybridized carbons (Fsp3) is 0.185. The molecule has 2 unspecified atom stereocenters. The van der Waals surface area contributed by atoms with E-state index in [0.29, 0.717) is 33.4 Å². The average molecular weight is 564 g/mol. The lowest BCUT2D eigenvalue weighted by Crippen LogP contribution is -2.39. The third-order valence-electron chi connectivity index (χ3n) is 6.47. The molecule has 2 heterocycles. The second-order valence-corrected chi connectivity index (χ2v) is 9.50. The van der Waals surface area contributed by atoms with Crippen LogP contribution in [0.25, 0.3) is 0 Å². The van der Waals surface area contributed by atoms with Crippen molar-refractivity contribution < 1.29 is 43.8 Å². The minimum atomic E-state index is -1.21. The number of aromatic carboxylic acids is 1. The van der Waals surface area contributed by atoms with Crippen LogP contribution in [-0.2, 0) is 24.0 Å². The number of anilines is 1. The van der Waals surface area contributed by atoms with Crippen LogP contribution in [0, 0.1) is 5.92 Å². The van der Waals surface area contributed by atoms with E-state index in [1.54, 1.807) is 24.3 Å². The van der Waals surface area contributed by atoms with Crippen molar-refractivity contribution in [3.8, 4) is 11.5 Å². The Morgan fingerprint density at radius 3 is 2.52 bits per heavy atom. The van der Waals surface area contributed by atoms with Gasteiger partial charge in [-0.2, -0.15) is 0 Å². The number of hydrogen-bond acceptors (Lipinski definition) is 9. The molecule has 2 aromatic carbocycles. The summed E-state index contributed by atoms with van der Waals surface area (Å²) in [6.07, 6.45) is 4.34. The smallest absolute Gasteiger partial charge is 0.352 e. The lowest BCUT2D eigenvalue weighted by molar-refractivity contribution is -0.196. The summed E-state index contributed by atoms with van der Waals surface area (Å²) in [6.45, 7) is -0.458. The summed E-state index contributed by atoms with van der Waals surface area (Å²) in [5.74, 6) is -4.02. The van der Waals surface area contributed by atoms with Gasteiger partial charge in [-0.25, -0.2) is 9.59 Å².